The van der Waals surface area contributed by atoms with Crippen molar-refractivity contribution >= 4 is 0 Å². The first-order valence-corrected chi connectivity index (χ1v) is 9.24. The Morgan fingerprint density at radius 1 is 0.810 bits per heavy atom. The summed E-state index contributed by atoms with van der Waals surface area (Å²) in [6, 6.07) is 0. The summed E-state index contributed by atoms with van der Waals surface area (Å²) in [5, 5.41) is 0. The van der Waals surface area contributed by atoms with Gasteiger partial charge < -0.3 is 5.73 Å². The Balaban J connectivity index is 4.01. The molecule has 0 amide bonds. The first-order chi connectivity index (χ1) is 9.79. The van der Waals surface area contributed by atoms with E-state index in [4.69, 9.17) is 5.73 Å². The molecule has 0 aromatic rings. The number of hydrogen-bond acceptors (Lipinski definition) is 1. The third-order valence-electron chi connectivity index (χ3n) is 5.10. The van der Waals surface area contributed by atoms with Crippen molar-refractivity contribution in [2.24, 2.45) is 29.4 Å². The summed E-state index contributed by atoms with van der Waals surface area (Å²) in [5.74, 6) is 3.39. The maximum atomic E-state index is 6.14. The maximum Gasteiger partial charge on any atom is 0.00695 e. The van der Waals surface area contributed by atoms with Crippen molar-refractivity contribution in [2.75, 3.05) is 0 Å². The van der Waals surface area contributed by atoms with E-state index < -0.39 is 0 Å². The van der Waals surface area contributed by atoms with Gasteiger partial charge in [-0.1, -0.05) is 53.5 Å². The fourth-order valence-electron chi connectivity index (χ4n) is 3.38. The van der Waals surface area contributed by atoms with Crippen LogP contribution in [-0.2, 0) is 0 Å². The molecule has 0 spiro atoms. The number of nitrogens with two attached hydrogens (primary N) is 1. The molecule has 0 bridgehead atoms. The van der Waals surface area contributed by atoms with Gasteiger partial charge in [-0.25, -0.2) is 0 Å². The predicted molar refractivity (Wildman–Crippen MR) is 97.2 cm³/mol. The summed E-state index contributed by atoms with van der Waals surface area (Å²) in [7, 11) is 0. The van der Waals surface area contributed by atoms with Crippen LogP contribution in [0.4, 0.5) is 0 Å². The molecule has 0 aromatic heterocycles. The number of hydrogen-bond donors (Lipinski definition) is 1. The molecule has 126 valence electrons. The molecule has 1 heteroatoms. The highest BCUT2D eigenvalue weighted by Crippen LogP contribution is 2.27. The Labute approximate surface area is 134 Å². The molecule has 0 saturated carbocycles. The lowest BCUT2D eigenvalue weighted by molar-refractivity contribution is 0.299. The predicted octanol–water partition coefficient (Wildman–Crippen LogP) is 6.53. The summed E-state index contributed by atoms with van der Waals surface area (Å²) < 4.78 is 0. The molecule has 2 N–H and O–H groups in total. The van der Waals surface area contributed by atoms with E-state index in [9.17, 15) is 0 Å². The van der Waals surface area contributed by atoms with Crippen LogP contribution < -0.4 is 5.73 Å². The smallest absolute Gasteiger partial charge is 0.00695 e. The van der Waals surface area contributed by atoms with Crippen LogP contribution in [0, 0.1) is 23.7 Å². The van der Waals surface area contributed by atoms with Crippen LogP contribution >= 0.6 is 0 Å². The zero-order chi connectivity index (χ0) is 16.4. The minimum absolute atomic E-state index is 0.791. The summed E-state index contributed by atoms with van der Waals surface area (Å²) in [6.07, 6.45) is 8.85. The van der Waals surface area contributed by atoms with Gasteiger partial charge in [0, 0.05) is 5.70 Å². The van der Waals surface area contributed by atoms with Gasteiger partial charge in [-0.15, -0.1) is 0 Å². The average molecular weight is 296 g/mol. The molecule has 0 radical (unpaired) electrons. The Morgan fingerprint density at radius 2 is 1.29 bits per heavy atom. The van der Waals surface area contributed by atoms with Crippen LogP contribution in [0.25, 0.3) is 0 Å². The molecule has 4 atom stereocenters. The third-order valence-corrected chi connectivity index (χ3v) is 5.10. The van der Waals surface area contributed by atoms with E-state index in [2.05, 4.69) is 48.5 Å². The maximum absolute atomic E-state index is 6.14. The molecule has 0 aliphatic carbocycles. The van der Waals surface area contributed by atoms with Crippen LogP contribution in [0.1, 0.15) is 93.4 Å². The van der Waals surface area contributed by atoms with Gasteiger partial charge >= 0.3 is 0 Å². The SMILES string of the molecule is CC/C(C)=C(\N)CCC(C)CC(C)CC(C)CC(C)CC. The molecule has 0 aromatic carbocycles. The van der Waals surface area contributed by atoms with Gasteiger partial charge in [0.25, 0.3) is 0 Å². The number of rotatable bonds is 11. The Hall–Kier alpha value is -0.460. The first-order valence-electron chi connectivity index (χ1n) is 9.24. The second-order valence-electron chi connectivity index (χ2n) is 7.73. The molecule has 4 unspecified atom stereocenters. The van der Waals surface area contributed by atoms with Crippen molar-refractivity contribution in [3.8, 4) is 0 Å². The Kier molecular flexibility index (Phi) is 10.9. The highest BCUT2D eigenvalue weighted by molar-refractivity contribution is 5.07. The van der Waals surface area contributed by atoms with E-state index in [1.807, 2.05) is 0 Å². The average Bonchev–Trinajstić information content (AvgIpc) is 2.42. The lowest BCUT2D eigenvalue weighted by atomic mass is 9.84. The van der Waals surface area contributed by atoms with E-state index in [-0.39, 0.29) is 0 Å². The Bertz CT molecular complexity index is 292. The largest absolute Gasteiger partial charge is 0.402 e. The lowest BCUT2D eigenvalue weighted by Crippen LogP contribution is -2.11. The fraction of sp³-hybridized carbons (Fsp3) is 0.900. The topological polar surface area (TPSA) is 26.0 Å². The second-order valence-corrected chi connectivity index (χ2v) is 7.73. The van der Waals surface area contributed by atoms with Gasteiger partial charge in [0.2, 0.25) is 0 Å². The van der Waals surface area contributed by atoms with Crippen LogP contribution in [0.3, 0.4) is 0 Å². The highest BCUT2D eigenvalue weighted by atomic mass is 14.6. The summed E-state index contributed by atoms with van der Waals surface area (Å²) in [5.41, 5.74) is 8.64. The third kappa shape index (κ3) is 9.98. The molecule has 0 heterocycles. The molecule has 0 saturated heterocycles. The van der Waals surface area contributed by atoms with Gasteiger partial charge in [-0.05, 0) is 69.1 Å². The summed E-state index contributed by atoms with van der Waals surface area (Å²) >= 11 is 0. The van der Waals surface area contributed by atoms with Crippen LogP contribution in [0.5, 0.6) is 0 Å². The van der Waals surface area contributed by atoms with Crippen LogP contribution in [0.2, 0.25) is 0 Å². The molecule has 21 heavy (non-hydrogen) atoms. The highest BCUT2D eigenvalue weighted by Gasteiger charge is 2.14. The van der Waals surface area contributed by atoms with Crippen molar-refractivity contribution in [2.45, 2.75) is 93.4 Å². The first kappa shape index (κ1) is 20.5. The molecule has 0 rings (SSSR count). The quantitative estimate of drug-likeness (QED) is 0.460. The fourth-order valence-corrected chi connectivity index (χ4v) is 3.38. The van der Waals surface area contributed by atoms with E-state index in [0.29, 0.717) is 0 Å². The van der Waals surface area contributed by atoms with Gasteiger partial charge in [-0.2, -0.15) is 0 Å². The van der Waals surface area contributed by atoms with Gasteiger partial charge in [-0.3, -0.25) is 0 Å². The standard InChI is InChI=1S/C20H41N/c1-8-15(3)12-17(5)14-18(6)13-16(4)10-11-20(21)19(7)9-2/h15-18H,8-14,21H2,1-7H3/b20-19-. The van der Waals surface area contributed by atoms with Crippen molar-refractivity contribution in [1.29, 1.82) is 0 Å². The normalized spacial score (nSPS) is 18.8. The lowest BCUT2D eigenvalue weighted by Gasteiger charge is -2.22. The van der Waals surface area contributed by atoms with Gasteiger partial charge in [0.15, 0.2) is 0 Å². The molecule has 0 aliphatic rings. The minimum Gasteiger partial charge on any atom is -0.402 e. The van der Waals surface area contributed by atoms with Gasteiger partial charge in [0.1, 0.15) is 0 Å². The Morgan fingerprint density at radius 3 is 1.76 bits per heavy atom. The van der Waals surface area contributed by atoms with Gasteiger partial charge in [0.05, 0.1) is 0 Å². The second kappa shape index (κ2) is 11.2. The molecular weight excluding hydrogens is 254 g/mol. The zero-order valence-electron chi connectivity index (χ0n) is 15.8. The zero-order valence-corrected chi connectivity index (χ0v) is 15.8. The molecule has 1 nitrogen and oxygen atoms in total. The van der Waals surface area contributed by atoms with Crippen molar-refractivity contribution < 1.29 is 0 Å². The van der Waals surface area contributed by atoms with Crippen molar-refractivity contribution in [3.05, 3.63) is 11.3 Å². The van der Waals surface area contributed by atoms with Crippen molar-refractivity contribution in [1.82, 2.24) is 0 Å². The number of allylic oxidation sites excluding steroid dienone is 2. The molecule has 0 fully saturated rings. The summed E-state index contributed by atoms with van der Waals surface area (Å²) in [6.45, 7) is 16.3. The van der Waals surface area contributed by atoms with E-state index in [1.165, 1.54) is 37.7 Å². The van der Waals surface area contributed by atoms with E-state index >= 15 is 0 Å². The molecular formula is C20H41N. The molecule has 0 aliphatic heterocycles. The van der Waals surface area contributed by atoms with E-state index in [1.54, 1.807) is 0 Å². The van der Waals surface area contributed by atoms with E-state index in [0.717, 1.165) is 42.2 Å². The van der Waals surface area contributed by atoms with Crippen LogP contribution in [0.15, 0.2) is 11.3 Å². The minimum atomic E-state index is 0.791. The van der Waals surface area contributed by atoms with Crippen molar-refractivity contribution in [3.63, 3.8) is 0 Å². The summed E-state index contributed by atoms with van der Waals surface area (Å²) in [4.78, 5) is 0. The van der Waals surface area contributed by atoms with Crippen LogP contribution in [-0.4, -0.2) is 0 Å². The monoisotopic (exact) mass is 295 g/mol.